The zero-order valence-electron chi connectivity index (χ0n) is 62.7. The number of aliphatic hydroxyl groups is 1. The van der Waals surface area contributed by atoms with Crippen LogP contribution in [0, 0.1) is 11.8 Å². The molecule has 17 nitrogen and oxygen atoms in total. The molecule has 2 unspecified atom stereocenters. The van der Waals surface area contributed by atoms with Gasteiger partial charge in [0.2, 0.25) is 0 Å². The maximum atomic E-state index is 13.1. The van der Waals surface area contributed by atoms with Crippen LogP contribution in [0.1, 0.15) is 401 Å². The molecule has 0 saturated heterocycles. The molecule has 0 aromatic carbocycles. The Hall–Kier alpha value is -1.94. The number of rotatable bonds is 76. The fraction of sp³-hybridized carbons (Fsp3) is 0.948. The first kappa shape index (κ1) is 94.1. The second-order valence-electron chi connectivity index (χ2n) is 28.7. The van der Waals surface area contributed by atoms with Crippen molar-refractivity contribution in [3.05, 3.63) is 0 Å². The van der Waals surface area contributed by atoms with Gasteiger partial charge in [-0.15, -0.1) is 0 Å². The molecule has 3 N–H and O–H groups in total. The van der Waals surface area contributed by atoms with Crippen LogP contribution in [0.25, 0.3) is 0 Å². The lowest BCUT2D eigenvalue weighted by Gasteiger charge is -2.21. The average molecular weight is 1410 g/mol. The van der Waals surface area contributed by atoms with E-state index >= 15 is 0 Å². The van der Waals surface area contributed by atoms with Gasteiger partial charge in [0.1, 0.15) is 19.3 Å². The fourth-order valence-electron chi connectivity index (χ4n) is 11.8. The molecule has 0 aliphatic heterocycles. The van der Waals surface area contributed by atoms with Gasteiger partial charge in [0.15, 0.2) is 12.2 Å². The Balaban J connectivity index is 5.24. The number of esters is 4. The maximum absolute atomic E-state index is 13.1. The van der Waals surface area contributed by atoms with Crippen molar-refractivity contribution in [2.45, 2.75) is 419 Å². The van der Waals surface area contributed by atoms with E-state index in [2.05, 4.69) is 41.5 Å². The number of carbonyl (C=O) groups excluding carboxylic acids is 4. The first-order chi connectivity index (χ1) is 46.4. The van der Waals surface area contributed by atoms with Gasteiger partial charge in [-0.2, -0.15) is 0 Å². The van der Waals surface area contributed by atoms with E-state index in [0.717, 1.165) is 102 Å². The largest absolute Gasteiger partial charge is 0.472 e. The number of hydrogen-bond donors (Lipinski definition) is 3. The van der Waals surface area contributed by atoms with Crippen LogP contribution < -0.4 is 0 Å². The van der Waals surface area contributed by atoms with Crippen LogP contribution in [-0.4, -0.2) is 96.7 Å². The third-order valence-electron chi connectivity index (χ3n) is 18.0. The topological polar surface area (TPSA) is 237 Å². The molecule has 0 radical (unpaired) electrons. The highest BCUT2D eigenvalue weighted by atomic mass is 31.2. The summed E-state index contributed by atoms with van der Waals surface area (Å²) >= 11 is 0. The van der Waals surface area contributed by atoms with Crippen molar-refractivity contribution >= 4 is 39.5 Å². The zero-order valence-corrected chi connectivity index (χ0v) is 64.5. The second-order valence-corrected chi connectivity index (χ2v) is 31.6. The minimum atomic E-state index is -4.96. The van der Waals surface area contributed by atoms with E-state index in [4.69, 9.17) is 37.0 Å². The quantitative estimate of drug-likeness (QED) is 0.0222. The van der Waals surface area contributed by atoms with E-state index < -0.39 is 97.5 Å². The molecule has 0 heterocycles. The summed E-state index contributed by atoms with van der Waals surface area (Å²) in [5.74, 6) is -0.532. The molecular weight excluding hydrogens is 1260 g/mol. The molecule has 0 amide bonds. The molecule has 0 aromatic rings. The van der Waals surface area contributed by atoms with Crippen LogP contribution in [-0.2, 0) is 65.4 Å². The summed E-state index contributed by atoms with van der Waals surface area (Å²) in [7, 11) is -9.91. The number of ether oxygens (including phenoxy) is 4. The van der Waals surface area contributed by atoms with Crippen LogP contribution >= 0.6 is 15.6 Å². The van der Waals surface area contributed by atoms with Crippen LogP contribution in [0.5, 0.6) is 0 Å². The van der Waals surface area contributed by atoms with Crippen LogP contribution in [0.4, 0.5) is 0 Å². The summed E-state index contributed by atoms with van der Waals surface area (Å²) in [6.45, 7) is 9.64. The Bertz CT molecular complexity index is 1860. The van der Waals surface area contributed by atoms with E-state index in [1.165, 1.54) is 218 Å². The average Bonchev–Trinajstić information content (AvgIpc) is 2.57. The third kappa shape index (κ3) is 70.5. The van der Waals surface area contributed by atoms with E-state index in [0.29, 0.717) is 25.7 Å². The lowest BCUT2D eigenvalue weighted by atomic mass is 10.0. The minimum Gasteiger partial charge on any atom is -0.462 e. The molecule has 0 fully saturated rings. The van der Waals surface area contributed by atoms with Gasteiger partial charge in [-0.1, -0.05) is 350 Å². The van der Waals surface area contributed by atoms with Gasteiger partial charge in [0.25, 0.3) is 0 Å². The van der Waals surface area contributed by atoms with Gasteiger partial charge < -0.3 is 33.8 Å². The van der Waals surface area contributed by atoms with Crippen molar-refractivity contribution in [3.8, 4) is 0 Å². The van der Waals surface area contributed by atoms with Crippen molar-refractivity contribution in [2.75, 3.05) is 39.6 Å². The number of hydrogen-bond acceptors (Lipinski definition) is 15. The van der Waals surface area contributed by atoms with Crippen molar-refractivity contribution in [1.82, 2.24) is 0 Å². The van der Waals surface area contributed by atoms with Crippen molar-refractivity contribution < 1.29 is 80.2 Å². The first-order valence-corrected chi connectivity index (χ1v) is 43.0. The molecular formula is C77H150O17P2. The zero-order chi connectivity index (χ0) is 70.7. The Kier molecular flexibility index (Phi) is 67.4. The summed E-state index contributed by atoms with van der Waals surface area (Å²) in [5.41, 5.74) is 0. The van der Waals surface area contributed by atoms with Gasteiger partial charge in [0, 0.05) is 25.7 Å². The molecule has 5 atom stereocenters. The Labute approximate surface area is 588 Å². The van der Waals surface area contributed by atoms with Gasteiger partial charge >= 0.3 is 39.5 Å². The summed E-state index contributed by atoms with van der Waals surface area (Å²) in [6, 6.07) is 0. The van der Waals surface area contributed by atoms with Crippen LogP contribution in [0.3, 0.4) is 0 Å². The molecule has 19 heteroatoms. The van der Waals surface area contributed by atoms with Crippen molar-refractivity contribution in [2.24, 2.45) is 11.8 Å². The number of aliphatic hydroxyl groups excluding tert-OH is 1. The molecule has 96 heavy (non-hydrogen) atoms. The van der Waals surface area contributed by atoms with Crippen LogP contribution in [0.2, 0.25) is 0 Å². The Morgan fingerprint density at radius 1 is 0.281 bits per heavy atom. The smallest absolute Gasteiger partial charge is 0.462 e. The highest BCUT2D eigenvalue weighted by molar-refractivity contribution is 7.47. The van der Waals surface area contributed by atoms with E-state index in [1.54, 1.807) is 0 Å². The standard InChI is InChI=1S/C77H150O17P2/c1-7-9-11-13-15-17-19-30-37-43-49-55-61-76(81)93-72(65-87-74(79)59-53-47-41-35-27-18-16-14-12-10-8-2)67-91-95(83,84)89-63-71(78)64-90-96(85,86)92-68-73(66-88-75(80)60-54-48-42-36-32-26-29-34-40-46-52-58-70(5)6)94-77(82)62-56-50-44-38-31-25-23-21-20-22-24-28-33-39-45-51-57-69(3)4/h69-73,78H,7-68H2,1-6H3,(H,83,84)(H,85,86)/t71-,72+,73+/m0/s1. The highest BCUT2D eigenvalue weighted by Gasteiger charge is 2.30. The molecule has 0 aliphatic carbocycles. The van der Waals surface area contributed by atoms with Gasteiger partial charge in [0.05, 0.1) is 26.4 Å². The second kappa shape index (κ2) is 68.8. The van der Waals surface area contributed by atoms with Gasteiger partial charge in [-0.3, -0.25) is 37.3 Å². The lowest BCUT2D eigenvalue weighted by Crippen LogP contribution is -2.30. The van der Waals surface area contributed by atoms with E-state index in [9.17, 15) is 43.2 Å². The summed E-state index contributed by atoms with van der Waals surface area (Å²) < 4.78 is 68.6. The molecule has 0 aliphatic rings. The molecule has 0 bridgehead atoms. The lowest BCUT2D eigenvalue weighted by molar-refractivity contribution is -0.161. The molecule has 0 aromatic heterocycles. The summed E-state index contributed by atoms with van der Waals surface area (Å²) in [4.78, 5) is 72.8. The highest BCUT2D eigenvalue weighted by Crippen LogP contribution is 2.45. The normalized spacial score (nSPS) is 14.0. The first-order valence-electron chi connectivity index (χ1n) is 40.0. The SMILES string of the molecule is CCCCCCCCCCCCCCC(=O)O[C@H](COC(=O)CCCCCCCCCCCCC)COP(=O)(O)OC[C@H](O)COP(=O)(O)OC[C@@H](COC(=O)CCCCCCCCCCCCCC(C)C)OC(=O)CCCCCCCCCCCCCCCCCCC(C)C. The number of carbonyl (C=O) groups is 4. The van der Waals surface area contributed by atoms with Crippen molar-refractivity contribution in [1.29, 1.82) is 0 Å². The summed E-state index contributed by atoms with van der Waals surface area (Å²) in [5, 5.41) is 10.6. The van der Waals surface area contributed by atoms with Crippen LogP contribution in [0.15, 0.2) is 0 Å². The van der Waals surface area contributed by atoms with Gasteiger partial charge in [-0.25, -0.2) is 9.13 Å². The predicted octanol–water partition coefficient (Wildman–Crippen LogP) is 22.7. The monoisotopic (exact) mass is 1410 g/mol. The maximum Gasteiger partial charge on any atom is 0.472 e. The molecule has 0 rings (SSSR count). The van der Waals surface area contributed by atoms with Crippen molar-refractivity contribution in [3.63, 3.8) is 0 Å². The Morgan fingerprint density at radius 2 is 0.479 bits per heavy atom. The fourth-order valence-corrected chi connectivity index (χ4v) is 13.4. The predicted molar refractivity (Wildman–Crippen MR) is 391 cm³/mol. The molecule has 0 saturated carbocycles. The van der Waals surface area contributed by atoms with E-state index in [-0.39, 0.29) is 25.7 Å². The number of unbranched alkanes of at least 4 members (excludes halogenated alkanes) is 46. The number of phosphoric ester groups is 2. The van der Waals surface area contributed by atoms with E-state index in [1.807, 2.05) is 0 Å². The molecule has 570 valence electrons. The number of phosphoric acid groups is 2. The Morgan fingerprint density at radius 3 is 0.708 bits per heavy atom. The van der Waals surface area contributed by atoms with Gasteiger partial charge in [-0.05, 0) is 37.5 Å². The minimum absolute atomic E-state index is 0.108. The molecule has 0 spiro atoms. The third-order valence-corrected chi connectivity index (χ3v) is 19.9. The summed E-state index contributed by atoms with van der Waals surface area (Å²) in [6.07, 6.45) is 56.7.